The van der Waals surface area contributed by atoms with E-state index in [0.29, 0.717) is 22.4 Å². The van der Waals surface area contributed by atoms with Crippen molar-refractivity contribution in [3.8, 4) is 6.07 Å². The molecule has 2 aliphatic rings. The van der Waals surface area contributed by atoms with Gasteiger partial charge in [-0.05, 0) is 48.4 Å². The summed E-state index contributed by atoms with van der Waals surface area (Å²) >= 11 is 0. The van der Waals surface area contributed by atoms with E-state index in [0.717, 1.165) is 16.4 Å². The van der Waals surface area contributed by atoms with E-state index in [1.807, 2.05) is 18.2 Å². The molecule has 1 saturated carbocycles. The van der Waals surface area contributed by atoms with Crippen LogP contribution in [0, 0.1) is 23.2 Å². The zero-order valence-electron chi connectivity index (χ0n) is 19.1. The summed E-state index contributed by atoms with van der Waals surface area (Å²) in [5.41, 5.74) is 1.95. The first-order valence-electron chi connectivity index (χ1n) is 11.7. The second kappa shape index (κ2) is 9.88. The zero-order chi connectivity index (χ0) is 24.3. The Morgan fingerprint density at radius 3 is 2.76 bits per heavy atom. The lowest BCUT2D eigenvalue weighted by atomic mass is 9.83. The fourth-order valence-electron chi connectivity index (χ4n) is 4.74. The first kappa shape index (κ1) is 23.8. The fourth-order valence-corrected chi connectivity index (χ4v) is 4.74. The number of rotatable bonds is 5. The molecule has 0 bridgehead atoms. The minimum absolute atomic E-state index is 0.350. The van der Waals surface area contributed by atoms with Crippen molar-refractivity contribution in [2.75, 3.05) is 13.1 Å². The third kappa shape index (κ3) is 5.41. The summed E-state index contributed by atoms with van der Waals surface area (Å²) in [6.45, 7) is 1.02. The third-order valence-electron chi connectivity index (χ3n) is 6.77. The number of allylic oxidation sites excluding steroid dienone is 1. The molecule has 1 aromatic carbocycles. The Morgan fingerprint density at radius 2 is 2.03 bits per heavy atom. The number of carbonyl (C=O) groups is 2. The van der Waals surface area contributed by atoms with Gasteiger partial charge in [-0.25, -0.2) is 8.78 Å². The molecule has 34 heavy (non-hydrogen) atoms. The Morgan fingerprint density at radius 1 is 1.26 bits per heavy atom. The first-order valence-corrected chi connectivity index (χ1v) is 11.7. The van der Waals surface area contributed by atoms with Crippen molar-refractivity contribution in [2.45, 2.75) is 51.0 Å². The van der Waals surface area contributed by atoms with Crippen LogP contribution in [0.1, 0.15) is 54.9 Å². The standard InChI is InChI=1S/C26H28F2N4O2/c1-17-2-4-18(5-3-17)6-7-19-8-9-23-22(12-19)21(10-11-30-23)25(34)31-15-24(33)32-16-26(27,28)13-20(32)14-29/h6-12,17-18,20H,2-5,13,15-16H2,1H3,(H,31,34)/b7-6+/t17?,18?,20-/m0/s1. The van der Waals surface area contributed by atoms with Gasteiger partial charge in [0, 0.05) is 18.0 Å². The molecule has 0 radical (unpaired) electrons. The van der Waals surface area contributed by atoms with Crippen LogP contribution in [0.3, 0.4) is 0 Å². The molecule has 178 valence electrons. The summed E-state index contributed by atoms with van der Waals surface area (Å²) < 4.78 is 27.2. The summed E-state index contributed by atoms with van der Waals surface area (Å²) in [4.78, 5) is 30.4. The Kier molecular flexibility index (Phi) is 6.92. The molecular weight excluding hydrogens is 438 g/mol. The highest BCUT2D eigenvalue weighted by Crippen LogP contribution is 2.32. The monoisotopic (exact) mass is 466 g/mol. The topological polar surface area (TPSA) is 86.1 Å². The van der Waals surface area contributed by atoms with Crippen molar-refractivity contribution < 1.29 is 18.4 Å². The number of carbonyl (C=O) groups excluding carboxylic acids is 2. The van der Waals surface area contributed by atoms with Crippen LogP contribution in [0.2, 0.25) is 0 Å². The average Bonchev–Trinajstić information content (AvgIpc) is 3.16. The van der Waals surface area contributed by atoms with Crippen LogP contribution < -0.4 is 5.32 Å². The lowest BCUT2D eigenvalue weighted by Gasteiger charge is -2.23. The van der Waals surface area contributed by atoms with Gasteiger partial charge < -0.3 is 10.2 Å². The quantitative estimate of drug-likeness (QED) is 0.700. The molecule has 6 nitrogen and oxygen atoms in total. The molecule has 1 aliphatic carbocycles. The highest BCUT2D eigenvalue weighted by atomic mass is 19.3. The number of halogens is 2. The molecule has 0 unspecified atom stereocenters. The number of aromatic nitrogens is 1. The van der Waals surface area contributed by atoms with Gasteiger partial charge in [-0.1, -0.05) is 38.0 Å². The number of nitriles is 1. The molecule has 4 rings (SSSR count). The van der Waals surface area contributed by atoms with Crippen LogP contribution in [0.4, 0.5) is 8.78 Å². The SMILES string of the molecule is CC1CCC(/C=C/c2ccc3nccc(C(=O)NCC(=O)N4CC(F)(F)C[C@H]4C#N)c3c2)CC1. The minimum Gasteiger partial charge on any atom is -0.343 e. The van der Waals surface area contributed by atoms with E-state index in [-0.39, 0.29) is 0 Å². The normalized spacial score (nSPS) is 24.3. The smallest absolute Gasteiger partial charge is 0.268 e. The van der Waals surface area contributed by atoms with Gasteiger partial charge in [0.05, 0.1) is 30.2 Å². The predicted molar refractivity (Wildman–Crippen MR) is 125 cm³/mol. The van der Waals surface area contributed by atoms with Gasteiger partial charge in [0.25, 0.3) is 11.8 Å². The largest absolute Gasteiger partial charge is 0.343 e. The summed E-state index contributed by atoms with van der Waals surface area (Å²) in [5, 5.41) is 12.2. The number of amides is 2. The number of hydrogen-bond donors (Lipinski definition) is 1. The maximum absolute atomic E-state index is 13.6. The lowest BCUT2D eigenvalue weighted by molar-refractivity contribution is -0.131. The van der Waals surface area contributed by atoms with Gasteiger partial charge in [0.1, 0.15) is 6.04 Å². The molecule has 0 spiro atoms. The maximum atomic E-state index is 13.6. The summed E-state index contributed by atoms with van der Waals surface area (Å²) in [6.07, 6.45) is 9.99. The molecule has 1 N–H and O–H groups in total. The van der Waals surface area contributed by atoms with Gasteiger partial charge in [0.2, 0.25) is 5.91 Å². The molecular formula is C26H28F2N4O2. The van der Waals surface area contributed by atoms with E-state index in [1.165, 1.54) is 31.9 Å². The van der Waals surface area contributed by atoms with Gasteiger partial charge in [-0.2, -0.15) is 5.26 Å². The number of hydrogen-bond acceptors (Lipinski definition) is 4. The summed E-state index contributed by atoms with van der Waals surface area (Å²) in [7, 11) is 0. The van der Waals surface area contributed by atoms with Crippen molar-refractivity contribution in [1.82, 2.24) is 15.2 Å². The van der Waals surface area contributed by atoms with Crippen LogP contribution in [0.15, 0.2) is 36.5 Å². The van der Waals surface area contributed by atoms with Crippen molar-refractivity contribution in [3.63, 3.8) is 0 Å². The van der Waals surface area contributed by atoms with Crippen LogP contribution in [0.25, 0.3) is 17.0 Å². The van der Waals surface area contributed by atoms with Crippen LogP contribution in [0.5, 0.6) is 0 Å². The number of fused-ring (bicyclic) bond motifs is 1. The van der Waals surface area contributed by atoms with E-state index < -0.39 is 43.3 Å². The number of alkyl halides is 2. The van der Waals surface area contributed by atoms with E-state index in [1.54, 1.807) is 12.1 Å². The second-order valence-electron chi connectivity index (χ2n) is 9.42. The zero-order valence-corrected chi connectivity index (χ0v) is 19.1. The number of nitrogens with one attached hydrogen (secondary N) is 1. The molecule has 8 heteroatoms. The van der Waals surface area contributed by atoms with Gasteiger partial charge in [-0.15, -0.1) is 0 Å². The van der Waals surface area contributed by atoms with Crippen molar-refractivity contribution in [2.24, 2.45) is 11.8 Å². The summed E-state index contributed by atoms with van der Waals surface area (Å²) in [6, 6.07) is 7.82. The fraction of sp³-hybridized carbons (Fsp3) is 0.462. The molecule has 2 heterocycles. The molecule has 2 aromatic rings. The van der Waals surface area contributed by atoms with E-state index in [2.05, 4.69) is 29.4 Å². The van der Waals surface area contributed by atoms with Crippen LogP contribution in [-0.4, -0.2) is 46.8 Å². The Balaban J connectivity index is 1.45. The van der Waals surface area contributed by atoms with E-state index >= 15 is 0 Å². The van der Waals surface area contributed by atoms with Crippen LogP contribution >= 0.6 is 0 Å². The average molecular weight is 467 g/mol. The molecule has 1 aromatic heterocycles. The third-order valence-corrected chi connectivity index (χ3v) is 6.77. The molecule has 1 saturated heterocycles. The van der Waals surface area contributed by atoms with Crippen molar-refractivity contribution >= 4 is 28.8 Å². The molecule has 2 amide bonds. The van der Waals surface area contributed by atoms with Crippen molar-refractivity contribution in [3.05, 3.63) is 47.7 Å². The molecule has 1 aliphatic heterocycles. The Bertz CT molecular complexity index is 1150. The number of likely N-dealkylation sites (tertiary alicyclic amines) is 1. The Labute approximate surface area is 197 Å². The van der Waals surface area contributed by atoms with E-state index in [4.69, 9.17) is 5.26 Å². The second-order valence-corrected chi connectivity index (χ2v) is 9.42. The Hall–Kier alpha value is -3.34. The molecule has 2 fully saturated rings. The van der Waals surface area contributed by atoms with Gasteiger partial charge in [0.15, 0.2) is 0 Å². The van der Waals surface area contributed by atoms with Crippen molar-refractivity contribution in [1.29, 1.82) is 5.26 Å². The maximum Gasteiger partial charge on any atom is 0.268 e. The highest BCUT2D eigenvalue weighted by molar-refractivity contribution is 6.07. The summed E-state index contributed by atoms with van der Waals surface area (Å²) in [5.74, 6) is -2.95. The number of benzene rings is 1. The van der Waals surface area contributed by atoms with Crippen LogP contribution in [-0.2, 0) is 4.79 Å². The number of pyridine rings is 1. The van der Waals surface area contributed by atoms with E-state index in [9.17, 15) is 18.4 Å². The first-order chi connectivity index (χ1) is 16.3. The van der Waals surface area contributed by atoms with Gasteiger partial charge >= 0.3 is 0 Å². The van der Waals surface area contributed by atoms with Gasteiger partial charge in [-0.3, -0.25) is 14.6 Å². The molecule has 1 atom stereocenters. The number of nitrogens with zero attached hydrogens (tertiary/aromatic N) is 3. The predicted octanol–water partition coefficient (Wildman–Crippen LogP) is 4.56. The lowest BCUT2D eigenvalue weighted by Crippen LogP contribution is -2.43. The highest BCUT2D eigenvalue weighted by Gasteiger charge is 2.47. The minimum atomic E-state index is -3.10.